The maximum Gasteiger partial charge on any atom is 0.361 e. The number of nitrogens with zero attached hydrogens (tertiary/aromatic N) is 2. The molecule has 0 radical (unpaired) electrons. The first-order chi connectivity index (χ1) is 5.66. The summed E-state index contributed by atoms with van der Waals surface area (Å²) in [6.45, 7) is 1.87. The van der Waals surface area contributed by atoms with E-state index in [9.17, 15) is 9.18 Å². The molecule has 5 heteroatoms. The fraction of sp³-hybridized carbons (Fsp3) is 0.429. The number of rotatable bonds is 2. The third-order valence-corrected chi connectivity index (χ3v) is 1.33. The molecule has 66 valence electrons. The van der Waals surface area contributed by atoms with Gasteiger partial charge in [0.15, 0.2) is 0 Å². The Hall–Kier alpha value is -1.39. The topological polar surface area (TPSA) is 44.1 Å². The molecule has 1 aromatic rings. The van der Waals surface area contributed by atoms with E-state index in [1.807, 2.05) is 0 Å². The van der Waals surface area contributed by atoms with E-state index in [4.69, 9.17) is 0 Å². The van der Waals surface area contributed by atoms with Crippen molar-refractivity contribution in [1.29, 1.82) is 0 Å². The molecule has 0 aliphatic rings. The van der Waals surface area contributed by atoms with Crippen molar-refractivity contribution in [3.05, 3.63) is 18.0 Å². The zero-order chi connectivity index (χ0) is 9.14. The van der Waals surface area contributed by atoms with Crippen LogP contribution in [-0.2, 0) is 11.8 Å². The normalized spacial score (nSPS) is 9.92. The van der Waals surface area contributed by atoms with Gasteiger partial charge in [-0.3, -0.25) is 0 Å². The molecule has 1 aromatic heterocycles. The third kappa shape index (κ3) is 1.44. The minimum atomic E-state index is -0.726. The predicted octanol–water partition coefficient (Wildman–Crippen LogP) is 0.736. The lowest BCUT2D eigenvalue weighted by atomic mass is 10.5. The van der Waals surface area contributed by atoms with Gasteiger partial charge in [-0.2, -0.15) is 4.39 Å². The molecular formula is C7H9FN2O2. The van der Waals surface area contributed by atoms with E-state index in [1.54, 1.807) is 6.92 Å². The Labute approximate surface area is 69.0 Å². The fourth-order valence-corrected chi connectivity index (χ4v) is 0.752. The summed E-state index contributed by atoms with van der Waals surface area (Å²) in [5, 5.41) is 0. The van der Waals surface area contributed by atoms with Gasteiger partial charge in [0.25, 0.3) is 0 Å². The van der Waals surface area contributed by atoms with Gasteiger partial charge in [0.1, 0.15) is 0 Å². The minimum Gasteiger partial charge on any atom is -0.461 e. The van der Waals surface area contributed by atoms with Crippen molar-refractivity contribution in [2.24, 2.45) is 7.05 Å². The molecule has 1 heterocycles. The van der Waals surface area contributed by atoms with Crippen LogP contribution >= 0.6 is 0 Å². The molecule has 0 aliphatic heterocycles. The standard InChI is InChI=1S/C7H9FN2O2/c1-3-12-7(11)5-6(8)10(2)4-9-5/h4H,3H2,1-2H3. The second kappa shape index (κ2) is 3.34. The van der Waals surface area contributed by atoms with Gasteiger partial charge in [-0.1, -0.05) is 0 Å². The Morgan fingerprint density at radius 2 is 2.50 bits per heavy atom. The van der Waals surface area contributed by atoms with Crippen LogP contribution in [0.15, 0.2) is 6.33 Å². The first kappa shape index (κ1) is 8.70. The van der Waals surface area contributed by atoms with E-state index in [1.165, 1.54) is 13.4 Å². The molecule has 0 aromatic carbocycles. The lowest BCUT2D eigenvalue weighted by Crippen LogP contribution is -2.08. The highest BCUT2D eigenvalue weighted by atomic mass is 19.1. The largest absolute Gasteiger partial charge is 0.461 e. The first-order valence-corrected chi connectivity index (χ1v) is 3.50. The van der Waals surface area contributed by atoms with Crippen molar-refractivity contribution in [2.45, 2.75) is 6.92 Å². The summed E-state index contributed by atoms with van der Waals surface area (Å²) in [5.41, 5.74) is -0.264. The lowest BCUT2D eigenvalue weighted by molar-refractivity contribution is 0.0513. The number of imidazole rings is 1. The number of hydrogen-bond donors (Lipinski definition) is 0. The Kier molecular flexibility index (Phi) is 2.42. The molecule has 0 unspecified atom stereocenters. The van der Waals surface area contributed by atoms with Gasteiger partial charge >= 0.3 is 5.97 Å². The lowest BCUT2D eigenvalue weighted by Gasteiger charge is -1.97. The fourth-order valence-electron chi connectivity index (χ4n) is 0.752. The Balaban J connectivity index is 2.88. The smallest absolute Gasteiger partial charge is 0.361 e. The summed E-state index contributed by atoms with van der Waals surface area (Å²) in [4.78, 5) is 14.5. The predicted molar refractivity (Wildman–Crippen MR) is 39.1 cm³/mol. The van der Waals surface area contributed by atoms with Crippen LogP contribution in [0.4, 0.5) is 4.39 Å². The highest BCUT2D eigenvalue weighted by Gasteiger charge is 2.17. The molecule has 4 nitrogen and oxygen atoms in total. The second-order valence-corrected chi connectivity index (χ2v) is 2.22. The highest BCUT2D eigenvalue weighted by molar-refractivity contribution is 5.87. The summed E-state index contributed by atoms with van der Waals surface area (Å²) >= 11 is 0. The molecule has 1 rings (SSSR count). The summed E-state index contributed by atoms with van der Waals surface area (Å²) < 4.78 is 18.6. The molecule has 0 atom stereocenters. The average Bonchev–Trinajstić information content (AvgIpc) is 2.34. The van der Waals surface area contributed by atoms with Crippen molar-refractivity contribution in [1.82, 2.24) is 9.55 Å². The van der Waals surface area contributed by atoms with Crippen LogP contribution in [0.1, 0.15) is 17.4 Å². The number of esters is 1. The van der Waals surface area contributed by atoms with E-state index in [0.717, 1.165) is 4.57 Å². The molecule has 0 spiro atoms. The molecular weight excluding hydrogens is 163 g/mol. The van der Waals surface area contributed by atoms with Gasteiger partial charge < -0.3 is 9.30 Å². The monoisotopic (exact) mass is 172 g/mol. The van der Waals surface area contributed by atoms with Crippen LogP contribution < -0.4 is 0 Å². The van der Waals surface area contributed by atoms with Crippen molar-refractivity contribution in [3.63, 3.8) is 0 Å². The first-order valence-electron chi connectivity index (χ1n) is 3.50. The van der Waals surface area contributed by atoms with Crippen LogP contribution in [0, 0.1) is 5.95 Å². The molecule has 0 saturated carbocycles. The highest BCUT2D eigenvalue weighted by Crippen LogP contribution is 2.04. The van der Waals surface area contributed by atoms with E-state index < -0.39 is 11.9 Å². The number of ether oxygens (including phenoxy) is 1. The minimum absolute atomic E-state index is 0.217. The summed E-state index contributed by atoms with van der Waals surface area (Å²) in [6, 6.07) is 0. The maximum absolute atomic E-state index is 12.9. The van der Waals surface area contributed by atoms with Crippen molar-refractivity contribution < 1.29 is 13.9 Å². The summed E-state index contributed by atoms with van der Waals surface area (Å²) in [6.07, 6.45) is 1.22. The maximum atomic E-state index is 12.9. The molecule has 0 aliphatic carbocycles. The Morgan fingerprint density at radius 1 is 1.83 bits per heavy atom. The number of aryl methyl sites for hydroxylation is 1. The quantitative estimate of drug-likeness (QED) is 0.618. The third-order valence-electron chi connectivity index (χ3n) is 1.33. The van der Waals surface area contributed by atoms with Crippen LogP contribution in [0.25, 0.3) is 0 Å². The average molecular weight is 172 g/mol. The Bertz CT molecular complexity index is 296. The molecule has 0 saturated heterocycles. The van der Waals surface area contributed by atoms with Crippen LogP contribution in [-0.4, -0.2) is 22.1 Å². The second-order valence-electron chi connectivity index (χ2n) is 2.22. The zero-order valence-corrected chi connectivity index (χ0v) is 6.87. The van der Waals surface area contributed by atoms with Gasteiger partial charge in [-0.15, -0.1) is 0 Å². The van der Waals surface area contributed by atoms with Gasteiger partial charge in [0.2, 0.25) is 11.6 Å². The molecule has 0 N–H and O–H groups in total. The number of carbonyl (C=O) groups is 1. The van der Waals surface area contributed by atoms with Crippen molar-refractivity contribution >= 4 is 5.97 Å². The molecule has 12 heavy (non-hydrogen) atoms. The van der Waals surface area contributed by atoms with Crippen LogP contribution in [0.2, 0.25) is 0 Å². The van der Waals surface area contributed by atoms with Crippen LogP contribution in [0.3, 0.4) is 0 Å². The van der Waals surface area contributed by atoms with E-state index in [2.05, 4.69) is 9.72 Å². The van der Waals surface area contributed by atoms with Gasteiger partial charge in [-0.05, 0) is 6.92 Å². The summed E-state index contributed by atoms with van der Waals surface area (Å²) in [5.74, 6) is -1.40. The number of aromatic nitrogens is 2. The van der Waals surface area contributed by atoms with Gasteiger partial charge in [0.05, 0.1) is 12.9 Å². The van der Waals surface area contributed by atoms with Crippen LogP contribution in [0.5, 0.6) is 0 Å². The van der Waals surface area contributed by atoms with Gasteiger partial charge in [-0.25, -0.2) is 9.78 Å². The number of hydrogen-bond acceptors (Lipinski definition) is 3. The summed E-state index contributed by atoms with van der Waals surface area (Å²) in [7, 11) is 1.46. The number of halogens is 1. The van der Waals surface area contributed by atoms with Gasteiger partial charge in [0, 0.05) is 7.05 Å². The number of carbonyl (C=O) groups excluding carboxylic acids is 1. The Morgan fingerprint density at radius 3 is 2.92 bits per heavy atom. The van der Waals surface area contributed by atoms with Crippen molar-refractivity contribution in [2.75, 3.05) is 6.61 Å². The van der Waals surface area contributed by atoms with E-state index >= 15 is 0 Å². The molecule has 0 fully saturated rings. The van der Waals surface area contributed by atoms with E-state index in [-0.39, 0.29) is 12.3 Å². The van der Waals surface area contributed by atoms with E-state index in [0.29, 0.717) is 0 Å². The molecule has 0 amide bonds. The van der Waals surface area contributed by atoms with Crippen molar-refractivity contribution in [3.8, 4) is 0 Å². The zero-order valence-electron chi connectivity index (χ0n) is 6.87. The molecule has 0 bridgehead atoms. The SMILES string of the molecule is CCOC(=O)c1ncn(C)c1F.